The van der Waals surface area contributed by atoms with Crippen molar-refractivity contribution in [3.05, 3.63) is 76.3 Å². The number of furan rings is 1. The van der Waals surface area contributed by atoms with Crippen LogP contribution in [0.3, 0.4) is 0 Å². The SMILES string of the molecule is O=C(c1cc2ccccc2o1)c1cc2ccc(N3CCCC3)cc2oc1=O. The Balaban J connectivity index is 1.56. The molecular formula is C22H17NO4. The van der Waals surface area contributed by atoms with Crippen LogP contribution >= 0.6 is 0 Å². The van der Waals surface area contributed by atoms with E-state index in [2.05, 4.69) is 4.90 Å². The zero-order valence-corrected chi connectivity index (χ0v) is 14.6. The number of hydrogen-bond acceptors (Lipinski definition) is 5. The normalized spacial score (nSPS) is 14.3. The van der Waals surface area contributed by atoms with Crippen LogP contribution in [0.1, 0.15) is 29.0 Å². The fraction of sp³-hybridized carbons (Fsp3) is 0.182. The Hall–Kier alpha value is -3.34. The van der Waals surface area contributed by atoms with E-state index in [4.69, 9.17) is 8.83 Å². The minimum atomic E-state index is -0.647. The van der Waals surface area contributed by atoms with Gasteiger partial charge in [-0.2, -0.15) is 0 Å². The average Bonchev–Trinajstić information content (AvgIpc) is 3.36. The van der Waals surface area contributed by atoms with Crippen molar-refractivity contribution in [1.29, 1.82) is 0 Å². The lowest BCUT2D eigenvalue weighted by Gasteiger charge is -2.17. The second-order valence-corrected chi connectivity index (χ2v) is 6.84. The highest BCUT2D eigenvalue weighted by Crippen LogP contribution is 2.26. The summed E-state index contributed by atoms with van der Waals surface area (Å²) in [6.45, 7) is 2.02. The van der Waals surface area contributed by atoms with Gasteiger partial charge in [0, 0.05) is 35.6 Å². The summed E-state index contributed by atoms with van der Waals surface area (Å²) >= 11 is 0. The summed E-state index contributed by atoms with van der Waals surface area (Å²) in [7, 11) is 0. The molecule has 5 rings (SSSR count). The van der Waals surface area contributed by atoms with E-state index in [1.54, 1.807) is 18.2 Å². The van der Waals surface area contributed by atoms with Gasteiger partial charge in [0.1, 0.15) is 16.7 Å². The van der Waals surface area contributed by atoms with Crippen molar-refractivity contribution in [2.24, 2.45) is 0 Å². The van der Waals surface area contributed by atoms with Gasteiger partial charge in [-0.25, -0.2) is 4.79 Å². The quantitative estimate of drug-likeness (QED) is 0.401. The van der Waals surface area contributed by atoms with Crippen LogP contribution in [0.15, 0.2) is 68.2 Å². The van der Waals surface area contributed by atoms with Gasteiger partial charge in [0.05, 0.1) is 0 Å². The topological polar surface area (TPSA) is 63.7 Å². The summed E-state index contributed by atoms with van der Waals surface area (Å²) in [4.78, 5) is 27.5. The van der Waals surface area contributed by atoms with E-state index < -0.39 is 11.4 Å². The van der Waals surface area contributed by atoms with E-state index in [1.807, 2.05) is 36.4 Å². The van der Waals surface area contributed by atoms with Crippen LogP contribution in [0, 0.1) is 0 Å². The van der Waals surface area contributed by atoms with Gasteiger partial charge >= 0.3 is 5.63 Å². The molecule has 1 fully saturated rings. The van der Waals surface area contributed by atoms with Crippen molar-refractivity contribution >= 4 is 33.4 Å². The van der Waals surface area contributed by atoms with Crippen molar-refractivity contribution in [2.75, 3.05) is 18.0 Å². The Kier molecular flexibility index (Phi) is 3.60. The number of ketones is 1. The number of carbonyl (C=O) groups is 1. The van der Waals surface area contributed by atoms with Crippen LogP contribution in [0.25, 0.3) is 21.9 Å². The van der Waals surface area contributed by atoms with Gasteiger partial charge in [-0.1, -0.05) is 18.2 Å². The first kappa shape index (κ1) is 15.9. The lowest BCUT2D eigenvalue weighted by Crippen LogP contribution is -2.17. The van der Waals surface area contributed by atoms with Crippen LogP contribution in [0.4, 0.5) is 5.69 Å². The molecule has 0 bridgehead atoms. The summed E-state index contributed by atoms with van der Waals surface area (Å²) in [6, 6.07) is 16.4. The number of rotatable bonds is 3. The molecular weight excluding hydrogens is 342 g/mol. The molecule has 1 saturated heterocycles. The molecule has 0 saturated carbocycles. The van der Waals surface area contributed by atoms with E-state index >= 15 is 0 Å². The Morgan fingerprint density at radius 1 is 0.852 bits per heavy atom. The predicted molar refractivity (Wildman–Crippen MR) is 104 cm³/mol. The molecule has 134 valence electrons. The van der Waals surface area contributed by atoms with Crippen LogP contribution in [-0.4, -0.2) is 18.9 Å². The summed E-state index contributed by atoms with van der Waals surface area (Å²) in [5.74, 6) is -0.331. The molecule has 4 aromatic rings. The van der Waals surface area contributed by atoms with Gasteiger partial charge in [-0.05, 0) is 43.2 Å². The lowest BCUT2D eigenvalue weighted by molar-refractivity contribution is 0.101. The van der Waals surface area contributed by atoms with Crippen LogP contribution in [0.5, 0.6) is 0 Å². The largest absolute Gasteiger partial charge is 0.453 e. The highest BCUT2D eigenvalue weighted by atomic mass is 16.4. The number of anilines is 1. The van der Waals surface area contributed by atoms with E-state index in [1.165, 1.54) is 12.8 Å². The molecule has 27 heavy (non-hydrogen) atoms. The van der Waals surface area contributed by atoms with Gasteiger partial charge < -0.3 is 13.7 Å². The lowest BCUT2D eigenvalue weighted by atomic mass is 10.1. The van der Waals surface area contributed by atoms with Gasteiger partial charge in [0.2, 0.25) is 5.78 Å². The third kappa shape index (κ3) is 2.72. The van der Waals surface area contributed by atoms with Crippen molar-refractivity contribution in [3.63, 3.8) is 0 Å². The van der Waals surface area contributed by atoms with Gasteiger partial charge in [0.25, 0.3) is 0 Å². The molecule has 0 spiro atoms. The fourth-order valence-electron chi connectivity index (χ4n) is 3.66. The Bertz CT molecular complexity index is 1200. The first-order valence-electron chi connectivity index (χ1n) is 9.05. The molecule has 0 N–H and O–H groups in total. The molecule has 0 unspecified atom stereocenters. The number of carbonyl (C=O) groups excluding carboxylic acids is 1. The molecule has 0 amide bonds. The third-order valence-electron chi connectivity index (χ3n) is 5.08. The second-order valence-electron chi connectivity index (χ2n) is 6.84. The van der Waals surface area contributed by atoms with E-state index in [-0.39, 0.29) is 11.3 Å². The smallest absolute Gasteiger partial charge is 0.347 e. The molecule has 0 atom stereocenters. The Morgan fingerprint density at radius 3 is 2.44 bits per heavy atom. The van der Waals surface area contributed by atoms with Crippen LogP contribution < -0.4 is 10.5 Å². The molecule has 1 aliphatic rings. The zero-order chi connectivity index (χ0) is 18.4. The Morgan fingerprint density at radius 2 is 1.63 bits per heavy atom. The molecule has 3 heterocycles. The van der Waals surface area contributed by atoms with Crippen LogP contribution in [-0.2, 0) is 0 Å². The van der Waals surface area contributed by atoms with Gasteiger partial charge in [-0.3, -0.25) is 4.79 Å². The fourth-order valence-corrected chi connectivity index (χ4v) is 3.66. The second kappa shape index (κ2) is 6.13. The molecule has 5 heteroatoms. The maximum atomic E-state index is 12.8. The summed E-state index contributed by atoms with van der Waals surface area (Å²) in [5, 5.41) is 1.54. The summed E-state index contributed by atoms with van der Waals surface area (Å²) in [6.07, 6.45) is 2.35. The number of para-hydroxylation sites is 1. The number of hydrogen-bond donors (Lipinski definition) is 0. The zero-order valence-electron chi connectivity index (χ0n) is 14.6. The van der Waals surface area contributed by atoms with E-state index in [0.717, 1.165) is 29.5 Å². The predicted octanol–water partition coefficient (Wildman–Crippen LogP) is 4.37. The number of fused-ring (bicyclic) bond motifs is 2. The van der Waals surface area contributed by atoms with E-state index in [0.29, 0.717) is 11.2 Å². The minimum absolute atomic E-state index is 0.0181. The molecule has 1 aliphatic heterocycles. The highest BCUT2D eigenvalue weighted by Gasteiger charge is 2.20. The molecule has 2 aromatic heterocycles. The monoisotopic (exact) mass is 359 g/mol. The van der Waals surface area contributed by atoms with Crippen molar-refractivity contribution in [1.82, 2.24) is 0 Å². The number of benzene rings is 2. The summed E-state index contributed by atoms with van der Waals surface area (Å²) < 4.78 is 11.1. The first-order valence-corrected chi connectivity index (χ1v) is 9.05. The average molecular weight is 359 g/mol. The molecule has 5 nitrogen and oxygen atoms in total. The minimum Gasteiger partial charge on any atom is -0.453 e. The Labute approximate surface area is 154 Å². The molecule has 0 radical (unpaired) electrons. The first-order chi connectivity index (χ1) is 13.2. The summed E-state index contributed by atoms with van der Waals surface area (Å²) in [5.41, 5.74) is 1.48. The maximum absolute atomic E-state index is 12.8. The van der Waals surface area contributed by atoms with E-state index in [9.17, 15) is 9.59 Å². The van der Waals surface area contributed by atoms with Crippen molar-refractivity contribution < 1.29 is 13.6 Å². The van der Waals surface area contributed by atoms with Crippen molar-refractivity contribution in [3.8, 4) is 0 Å². The van der Waals surface area contributed by atoms with Gasteiger partial charge in [-0.15, -0.1) is 0 Å². The van der Waals surface area contributed by atoms with Crippen molar-refractivity contribution in [2.45, 2.75) is 12.8 Å². The standard InChI is InChI=1S/C22H17NO4/c24-21(20-12-14-5-1-2-6-18(14)26-20)17-11-15-7-8-16(23-9-3-4-10-23)13-19(15)27-22(17)25/h1-2,5-8,11-13H,3-4,9-10H2. The third-order valence-corrected chi connectivity index (χ3v) is 5.08. The molecule has 2 aromatic carbocycles. The van der Waals surface area contributed by atoms with Crippen LogP contribution in [0.2, 0.25) is 0 Å². The number of nitrogens with zero attached hydrogens (tertiary/aromatic N) is 1. The van der Waals surface area contributed by atoms with Gasteiger partial charge in [0.15, 0.2) is 5.76 Å². The maximum Gasteiger partial charge on any atom is 0.347 e. The molecule has 0 aliphatic carbocycles. The highest BCUT2D eigenvalue weighted by molar-refractivity contribution is 6.09.